The van der Waals surface area contributed by atoms with Gasteiger partial charge >= 0.3 is 0 Å². The van der Waals surface area contributed by atoms with E-state index in [1.54, 1.807) is 0 Å². The highest BCUT2D eigenvalue weighted by molar-refractivity contribution is 5.41. The maximum atomic E-state index is 8.95. The number of aliphatic hydroxyl groups excluding tert-OH is 2. The summed E-state index contributed by atoms with van der Waals surface area (Å²) in [6.45, 7) is 5.84. The lowest BCUT2D eigenvalue weighted by Crippen LogP contribution is -2.46. The van der Waals surface area contributed by atoms with Gasteiger partial charge in [-0.2, -0.15) is 0 Å². The van der Waals surface area contributed by atoms with Gasteiger partial charge in [0.15, 0.2) is 0 Å². The fraction of sp³-hybridized carbons (Fsp3) is 0.500. The Kier molecular flexibility index (Phi) is 6.03. The quantitative estimate of drug-likeness (QED) is 0.767. The Morgan fingerprint density at radius 1 is 1.00 bits per heavy atom. The van der Waals surface area contributed by atoms with Gasteiger partial charge in [-0.25, -0.2) is 0 Å². The van der Waals surface area contributed by atoms with Crippen LogP contribution in [0.2, 0.25) is 0 Å². The van der Waals surface area contributed by atoms with Gasteiger partial charge in [-0.15, -0.1) is 0 Å². The van der Waals surface area contributed by atoms with Gasteiger partial charge in [0, 0.05) is 44.8 Å². The minimum atomic E-state index is -0.103. The molecule has 0 aromatic heterocycles. The number of nitrogens with zero attached hydrogens (tertiary/aromatic N) is 2. The molecule has 0 saturated carbocycles. The largest absolute Gasteiger partial charge is 0.395 e. The van der Waals surface area contributed by atoms with Crippen molar-refractivity contribution in [1.82, 2.24) is 9.80 Å². The predicted octanol–water partition coefficient (Wildman–Crippen LogP) is 0.140. The highest BCUT2D eigenvalue weighted by Gasteiger charge is 2.16. The maximum Gasteiger partial charge on any atom is 0.104 e. The van der Waals surface area contributed by atoms with E-state index in [1.807, 2.05) is 18.2 Å². The van der Waals surface area contributed by atoms with Gasteiger partial charge < -0.3 is 10.2 Å². The van der Waals surface area contributed by atoms with Gasteiger partial charge in [-0.05, 0) is 11.6 Å². The second kappa shape index (κ2) is 8.03. The first kappa shape index (κ1) is 15.0. The molecule has 20 heavy (non-hydrogen) atoms. The molecule has 0 amide bonds. The van der Waals surface area contributed by atoms with Gasteiger partial charge in [0.25, 0.3) is 0 Å². The van der Waals surface area contributed by atoms with Crippen LogP contribution in [0.15, 0.2) is 24.3 Å². The number of hydrogen-bond acceptors (Lipinski definition) is 4. The van der Waals surface area contributed by atoms with E-state index < -0.39 is 0 Å². The molecule has 0 radical (unpaired) electrons. The minimum Gasteiger partial charge on any atom is -0.395 e. The number of aliphatic hydroxyl groups is 2. The van der Waals surface area contributed by atoms with Crippen molar-refractivity contribution in [2.75, 3.05) is 45.9 Å². The van der Waals surface area contributed by atoms with Crippen LogP contribution < -0.4 is 0 Å². The Labute approximate surface area is 120 Å². The van der Waals surface area contributed by atoms with Crippen molar-refractivity contribution in [2.24, 2.45) is 0 Å². The Bertz CT molecular complexity index is 471. The lowest BCUT2D eigenvalue weighted by Gasteiger charge is -2.34. The molecule has 0 spiro atoms. The third-order valence-electron chi connectivity index (χ3n) is 3.59. The van der Waals surface area contributed by atoms with E-state index in [1.165, 1.54) is 5.56 Å². The van der Waals surface area contributed by atoms with Gasteiger partial charge in [0.1, 0.15) is 6.61 Å². The van der Waals surface area contributed by atoms with Crippen LogP contribution in [0.5, 0.6) is 0 Å². The SMILES string of the molecule is OCC#Cc1ccccc1CN1CCN(CCO)CC1. The molecule has 1 saturated heterocycles. The molecular formula is C16H22N2O2. The Morgan fingerprint density at radius 3 is 2.40 bits per heavy atom. The Balaban J connectivity index is 1.94. The van der Waals surface area contributed by atoms with E-state index in [2.05, 4.69) is 27.7 Å². The van der Waals surface area contributed by atoms with Crippen LogP contribution in [-0.4, -0.2) is 66.0 Å². The van der Waals surface area contributed by atoms with E-state index in [4.69, 9.17) is 10.2 Å². The van der Waals surface area contributed by atoms with E-state index >= 15 is 0 Å². The van der Waals surface area contributed by atoms with E-state index in [-0.39, 0.29) is 13.2 Å². The fourth-order valence-electron chi connectivity index (χ4n) is 2.47. The summed E-state index contributed by atoms with van der Waals surface area (Å²) in [5, 5.41) is 17.8. The van der Waals surface area contributed by atoms with E-state index in [0.29, 0.717) is 0 Å². The van der Waals surface area contributed by atoms with Gasteiger partial charge in [-0.1, -0.05) is 30.0 Å². The monoisotopic (exact) mass is 274 g/mol. The number of hydrogen-bond donors (Lipinski definition) is 2. The number of rotatable bonds is 4. The molecule has 1 aliphatic rings. The molecule has 4 nitrogen and oxygen atoms in total. The number of β-amino-alcohol motifs (C(OH)–C–C–N with tert-alkyl or cyclic N) is 1. The molecule has 2 rings (SSSR count). The van der Waals surface area contributed by atoms with Crippen LogP contribution in [0.3, 0.4) is 0 Å². The van der Waals surface area contributed by atoms with Crippen LogP contribution in [0, 0.1) is 11.8 Å². The van der Waals surface area contributed by atoms with Crippen molar-refractivity contribution in [3.05, 3.63) is 35.4 Å². The third kappa shape index (κ3) is 4.32. The Hall–Kier alpha value is -1.38. The van der Waals surface area contributed by atoms with E-state index in [9.17, 15) is 0 Å². The number of piperazine rings is 1. The summed E-state index contributed by atoms with van der Waals surface area (Å²) in [6, 6.07) is 8.10. The van der Waals surface area contributed by atoms with Crippen molar-refractivity contribution >= 4 is 0 Å². The highest BCUT2D eigenvalue weighted by atomic mass is 16.3. The van der Waals surface area contributed by atoms with Gasteiger partial charge in [0.2, 0.25) is 0 Å². The summed E-state index contributed by atoms with van der Waals surface area (Å²) in [7, 11) is 0. The summed E-state index contributed by atoms with van der Waals surface area (Å²) in [4.78, 5) is 4.70. The molecule has 1 aromatic rings. The summed E-state index contributed by atoms with van der Waals surface area (Å²) in [5.74, 6) is 5.73. The highest BCUT2D eigenvalue weighted by Crippen LogP contribution is 2.12. The van der Waals surface area contributed by atoms with Crippen LogP contribution in [-0.2, 0) is 6.54 Å². The second-order valence-electron chi connectivity index (χ2n) is 4.96. The molecule has 4 heteroatoms. The van der Waals surface area contributed by atoms with Gasteiger partial charge in [0.05, 0.1) is 6.61 Å². The van der Waals surface area contributed by atoms with Crippen molar-refractivity contribution < 1.29 is 10.2 Å². The summed E-state index contributed by atoms with van der Waals surface area (Å²) < 4.78 is 0. The average Bonchev–Trinajstić information content (AvgIpc) is 2.49. The summed E-state index contributed by atoms with van der Waals surface area (Å²) >= 11 is 0. The van der Waals surface area contributed by atoms with Crippen LogP contribution in [0.25, 0.3) is 0 Å². The number of benzene rings is 1. The fourth-order valence-corrected chi connectivity index (χ4v) is 2.47. The molecule has 1 heterocycles. The Morgan fingerprint density at radius 2 is 1.70 bits per heavy atom. The molecular weight excluding hydrogens is 252 g/mol. The molecule has 0 unspecified atom stereocenters. The molecule has 108 valence electrons. The zero-order valence-corrected chi connectivity index (χ0v) is 11.8. The normalized spacial score (nSPS) is 16.7. The van der Waals surface area contributed by atoms with Crippen molar-refractivity contribution in [1.29, 1.82) is 0 Å². The minimum absolute atomic E-state index is 0.103. The first-order valence-electron chi connectivity index (χ1n) is 7.06. The molecule has 2 N–H and O–H groups in total. The molecule has 0 atom stereocenters. The molecule has 1 fully saturated rings. The average molecular weight is 274 g/mol. The molecule has 1 aromatic carbocycles. The summed E-state index contributed by atoms with van der Waals surface area (Å²) in [5.41, 5.74) is 2.21. The molecule has 0 bridgehead atoms. The molecule has 1 aliphatic heterocycles. The standard InChI is InChI=1S/C16H22N2O2/c19-12-3-6-15-4-1-2-5-16(15)14-18-9-7-17(8-10-18)11-13-20/h1-2,4-5,19-20H,7-14H2. The lowest BCUT2D eigenvalue weighted by atomic mass is 10.1. The van der Waals surface area contributed by atoms with Crippen LogP contribution in [0.4, 0.5) is 0 Å². The summed E-state index contributed by atoms with van der Waals surface area (Å²) in [6.07, 6.45) is 0. The first-order valence-corrected chi connectivity index (χ1v) is 7.06. The van der Waals surface area contributed by atoms with E-state index in [0.717, 1.165) is 44.8 Å². The third-order valence-corrected chi connectivity index (χ3v) is 3.59. The van der Waals surface area contributed by atoms with Crippen LogP contribution >= 0.6 is 0 Å². The smallest absolute Gasteiger partial charge is 0.104 e. The zero-order valence-electron chi connectivity index (χ0n) is 11.8. The van der Waals surface area contributed by atoms with Crippen LogP contribution in [0.1, 0.15) is 11.1 Å². The predicted molar refractivity (Wildman–Crippen MR) is 79.2 cm³/mol. The van der Waals surface area contributed by atoms with Crippen molar-refractivity contribution in [2.45, 2.75) is 6.54 Å². The van der Waals surface area contributed by atoms with Crippen molar-refractivity contribution in [3.63, 3.8) is 0 Å². The lowest BCUT2D eigenvalue weighted by molar-refractivity contribution is 0.108. The second-order valence-corrected chi connectivity index (χ2v) is 4.96. The van der Waals surface area contributed by atoms with Crippen molar-refractivity contribution in [3.8, 4) is 11.8 Å². The zero-order chi connectivity index (χ0) is 14.2. The first-order chi connectivity index (χ1) is 9.83. The van der Waals surface area contributed by atoms with Gasteiger partial charge in [-0.3, -0.25) is 9.80 Å². The maximum absolute atomic E-state index is 8.95. The topological polar surface area (TPSA) is 46.9 Å². The molecule has 0 aliphatic carbocycles.